The third-order valence-electron chi connectivity index (χ3n) is 5.17. The molecule has 1 amide bonds. The number of ether oxygens (including phenoxy) is 2. The average molecular weight is 433 g/mol. The summed E-state index contributed by atoms with van der Waals surface area (Å²) in [6.07, 6.45) is 4.84. The van der Waals surface area contributed by atoms with Crippen molar-refractivity contribution < 1.29 is 14.3 Å². The molecule has 1 atom stereocenters. The monoisotopic (exact) mass is 433 g/mol. The molecular weight excluding hydrogens is 410 g/mol. The van der Waals surface area contributed by atoms with E-state index in [0.717, 1.165) is 5.56 Å². The van der Waals surface area contributed by atoms with Crippen LogP contribution in [0.5, 0.6) is 11.5 Å². The quantitative estimate of drug-likeness (QED) is 0.479. The highest BCUT2D eigenvalue weighted by molar-refractivity contribution is 5.79. The van der Waals surface area contributed by atoms with Crippen molar-refractivity contribution in [2.75, 3.05) is 14.2 Å². The lowest BCUT2D eigenvalue weighted by atomic mass is 10.0. The van der Waals surface area contributed by atoms with E-state index in [1.165, 1.54) is 10.9 Å². The predicted molar refractivity (Wildman–Crippen MR) is 119 cm³/mol. The van der Waals surface area contributed by atoms with Gasteiger partial charge in [0.1, 0.15) is 29.9 Å². The fourth-order valence-corrected chi connectivity index (χ4v) is 3.53. The number of aryl methyl sites for hydroxylation is 1. The number of carbonyl (C=O) groups is 1. The number of imidazole rings is 1. The Bertz CT molecular complexity index is 1310. The van der Waals surface area contributed by atoms with Crippen LogP contribution >= 0.6 is 0 Å². The maximum absolute atomic E-state index is 13.0. The smallest absolute Gasteiger partial charge is 0.261 e. The summed E-state index contributed by atoms with van der Waals surface area (Å²) in [7, 11) is 4.97. The van der Waals surface area contributed by atoms with Crippen LogP contribution in [-0.4, -0.2) is 39.2 Å². The molecule has 0 aliphatic carbocycles. The summed E-state index contributed by atoms with van der Waals surface area (Å²) in [5.41, 5.74) is 1.04. The van der Waals surface area contributed by atoms with Gasteiger partial charge in [-0.3, -0.25) is 14.2 Å². The van der Waals surface area contributed by atoms with Crippen LogP contribution in [0.1, 0.15) is 17.4 Å². The minimum Gasteiger partial charge on any atom is -0.497 e. The Morgan fingerprint density at radius 1 is 1.09 bits per heavy atom. The molecule has 0 aliphatic rings. The molecule has 0 bridgehead atoms. The number of nitrogens with zero attached hydrogens (tertiary/aromatic N) is 4. The number of benzene rings is 2. The van der Waals surface area contributed by atoms with Gasteiger partial charge in [0.05, 0.1) is 31.4 Å². The van der Waals surface area contributed by atoms with Crippen LogP contribution < -0.4 is 20.3 Å². The third kappa shape index (κ3) is 4.18. The van der Waals surface area contributed by atoms with E-state index in [1.54, 1.807) is 50.9 Å². The van der Waals surface area contributed by atoms with E-state index in [4.69, 9.17) is 9.47 Å². The predicted octanol–water partition coefficient (Wildman–Crippen LogP) is 2.05. The molecule has 1 N–H and O–H groups in total. The lowest BCUT2D eigenvalue weighted by Gasteiger charge is -2.21. The lowest BCUT2D eigenvalue weighted by Crippen LogP contribution is -2.36. The van der Waals surface area contributed by atoms with E-state index in [0.29, 0.717) is 28.2 Å². The molecule has 9 heteroatoms. The summed E-state index contributed by atoms with van der Waals surface area (Å²) in [4.78, 5) is 34.4. The first-order chi connectivity index (χ1) is 15.5. The second kappa shape index (κ2) is 8.93. The van der Waals surface area contributed by atoms with Crippen molar-refractivity contribution in [2.24, 2.45) is 7.05 Å². The number of nitrogens with one attached hydrogen (secondary N) is 1. The second-order valence-corrected chi connectivity index (χ2v) is 7.24. The van der Waals surface area contributed by atoms with Crippen molar-refractivity contribution in [2.45, 2.75) is 12.6 Å². The fraction of sp³-hybridized carbons (Fsp3) is 0.217. The highest BCUT2D eigenvalue weighted by Crippen LogP contribution is 2.29. The highest BCUT2D eigenvalue weighted by atomic mass is 16.5. The third-order valence-corrected chi connectivity index (χ3v) is 5.17. The van der Waals surface area contributed by atoms with Crippen molar-refractivity contribution in [1.29, 1.82) is 0 Å². The highest BCUT2D eigenvalue weighted by Gasteiger charge is 2.23. The van der Waals surface area contributed by atoms with E-state index >= 15 is 0 Å². The molecule has 0 spiro atoms. The van der Waals surface area contributed by atoms with Crippen LogP contribution in [0.15, 0.2) is 66.0 Å². The zero-order valence-electron chi connectivity index (χ0n) is 18.0. The standard InChI is InChI=1S/C23H23N5O4/c1-27-9-8-24-22(27)21(15-10-16(31-2)12-17(11-15)32-3)26-20(29)13-28-14-25-19-7-5-4-6-18(19)23(28)30/h4-12,14,21H,13H2,1-3H3,(H,26,29). The Morgan fingerprint density at radius 2 is 1.81 bits per heavy atom. The van der Waals surface area contributed by atoms with E-state index < -0.39 is 6.04 Å². The summed E-state index contributed by atoms with van der Waals surface area (Å²) < 4.78 is 13.9. The summed E-state index contributed by atoms with van der Waals surface area (Å²) in [5.74, 6) is 1.43. The number of amides is 1. The number of hydrogen-bond donors (Lipinski definition) is 1. The SMILES string of the molecule is COc1cc(OC)cc(C(NC(=O)Cn2cnc3ccccc3c2=O)c2nccn2C)c1. The molecule has 32 heavy (non-hydrogen) atoms. The van der Waals surface area contributed by atoms with Gasteiger partial charge in [-0.25, -0.2) is 9.97 Å². The molecule has 164 valence electrons. The molecule has 2 aromatic heterocycles. The number of rotatable bonds is 7. The van der Waals surface area contributed by atoms with Gasteiger partial charge in [0, 0.05) is 25.5 Å². The van der Waals surface area contributed by atoms with Crippen LogP contribution in [0.2, 0.25) is 0 Å². The molecule has 0 saturated heterocycles. The van der Waals surface area contributed by atoms with Crippen LogP contribution in [0.3, 0.4) is 0 Å². The van der Waals surface area contributed by atoms with E-state index in [2.05, 4.69) is 15.3 Å². The summed E-state index contributed by atoms with van der Waals surface area (Å²) >= 11 is 0. The van der Waals surface area contributed by atoms with Crippen molar-refractivity contribution in [3.05, 3.63) is 82.9 Å². The molecule has 2 heterocycles. The number of carbonyl (C=O) groups excluding carboxylic acids is 1. The molecule has 4 aromatic rings. The van der Waals surface area contributed by atoms with Crippen molar-refractivity contribution >= 4 is 16.8 Å². The molecular formula is C23H23N5O4. The van der Waals surface area contributed by atoms with Crippen molar-refractivity contribution in [1.82, 2.24) is 24.4 Å². The Balaban J connectivity index is 1.67. The van der Waals surface area contributed by atoms with Gasteiger partial charge in [0.15, 0.2) is 0 Å². The Morgan fingerprint density at radius 3 is 2.47 bits per heavy atom. The summed E-state index contributed by atoms with van der Waals surface area (Å²) in [6.45, 7) is -0.182. The van der Waals surface area contributed by atoms with Gasteiger partial charge in [-0.1, -0.05) is 12.1 Å². The van der Waals surface area contributed by atoms with Gasteiger partial charge in [-0.15, -0.1) is 0 Å². The zero-order chi connectivity index (χ0) is 22.7. The molecule has 1 unspecified atom stereocenters. The Kier molecular flexibility index (Phi) is 5.89. The zero-order valence-corrected chi connectivity index (χ0v) is 18.0. The van der Waals surface area contributed by atoms with Gasteiger partial charge in [0.25, 0.3) is 5.56 Å². The minimum atomic E-state index is -0.587. The topological polar surface area (TPSA) is 100 Å². The van der Waals surface area contributed by atoms with Gasteiger partial charge in [0.2, 0.25) is 5.91 Å². The Labute approximate surface area is 184 Å². The van der Waals surface area contributed by atoms with Crippen molar-refractivity contribution in [3.63, 3.8) is 0 Å². The van der Waals surface area contributed by atoms with Gasteiger partial charge in [-0.05, 0) is 29.8 Å². The maximum Gasteiger partial charge on any atom is 0.261 e. The number of para-hydroxylation sites is 1. The first-order valence-corrected chi connectivity index (χ1v) is 9.94. The van der Waals surface area contributed by atoms with Crippen LogP contribution in [0.4, 0.5) is 0 Å². The molecule has 2 aromatic carbocycles. The summed E-state index contributed by atoms with van der Waals surface area (Å²) in [5, 5.41) is 3.44. The van der Waals surface area contributed by atoms with Gasteiger partial charge < -0.3 is 19.4 Å². The van der Waals surface area contributed by atoms with Crippen LogP contribution in [0.25, 0.3) is 10.9 Å². The van der Waals surface area contributed by atoms with Gasteiger partial charge >= 0.3 is 0 Å². The van der Waals surface area contributed by atoms with E-state index in [-0.39, 0.29) is 18.0 Å². The molecule has 0 saturated carbocycles. The molecule has 0 radical (unpaired) electrons. The fourth-order valence-electron chi connectivity index (χ4n) is 3.53. The number of aromatic nitrogens is 4. The molecule has 0 fully saturated rings. The molecule has 0 aliphatic heterocycles. The molecule has 9 nitrogen and oxygen atoms in total. The normalized spacial score (nSPS) is 11.8. The van der Waals surface area contributed by atoms with Gasteiger partial charge in [-0.2, -0.15) is 0 Å². The number of fused-ring (bicyclic) bond motifs is 1. The first kappa shape index (κ1) is 21.1. The van der Waals surface area contributed by atoms with Crippen LogP contribution in [-0.2, 0) is 18.4 Å². The average Bonchev–Trinajstić information content (AvgIpc) is 3.24. The molecule has 4 rings (SSSR count). The lowest BCUT2D eigenvalue weighted by molar-refractivity contribution is -0.122. The number of hydrogen-bond acceptors (Lipinski definition) is 6. The first-order valence-electron chi connectivity index (χ1n) is 9.94. The Hall–Kier alpha value is -4.14. The van der Waals surface area contributed by atoms with E-state index in [1.807, 2.05) is 29.8 Å². The maximum atomic E-state index is 13.0. The minimum absolute atomic E-state index is 0.182. The second-order valence-electron chi connectivity index (χ2n) is 7.24. The van der Waals surface area contributed by atoms with E-state index in [9.17, 15) is 9.59 Å². The number of methoxy groups -OCH3 is 2. The largest absolute Gasteiger partial charge is 0.497 e. The van der Waals surface area contributed by atoms with Crippen molar-refractivity contribution in [3.8, 4) is 11.5 Å². The van der Waals surface area contributed by atoms with Crippen LogP contribution in [0, 0.1) is 0 Å². The summed E-state index contributed by atoms with van der Waals surface area (Å²) in [6, 6.07) is 11.8.